The lowest BCUT2D eigenvalue weighted by atomic mass is 10.1. The Bertz CT molecular complexity index is 1280. The maximum absolute atomic E-state index is 13.5. The summed E-state index contributed by atoms with van der Waals surface area (Å²) in [4.78, 5) is 27.5. The van der Waals surface area contributed by atoms with Gasteiger partial charge in [0.2, 0.25) is 0 Å². The van der Waals surface area contributed by atoms with Crippen LogP contribution in [0, 0.1) is 5.82 Å². The number of carbonyl (C=O) groups excluding carboxylic acids is 1. The Morgan fingerprint density at radius 3 is 2.78 bits per heavy atom. The number of quaternary nitrogens is 1. The number of rotatable bonds is 5. The van der Waals surface area contributed by atoms with E-state index in [2.05, 4.69) is 15.0 Å². The average Bonchev–Trinajstić information content (AvgIpc) is 2.81. The number of halogens is 1. The molecule has 4 aromatic rings. The third-order valence-corrected chi connectivity index (χ3v) is 5.06. The van der Waals surface area contributed by atoms with Gasteiger partial charge in [-0.15, -0.1) is 0 Å². The van der Waals surface area contributed by atoms with Crippen molar-refractivity contribution in [2.75, 3.05) is 11.5 Å². The molecule has 0 atom stereocenters. The predicted octanol–water partition coefficient (Wildman–Crippen LogP) is 3.13. The molecule has 8 heteroatoms. The zero-order valence-corrected chi connectivity index (χ0v) is 17.0. The summed E-state index contributed by atoms with van der Waals surface area (Å²) < 4.78 is 19.1. The van der Waals surface area contributed by atoms with Crippen LogP contribution in [-0.2, 0) is 11.3 Å². The zero-order valence-electron chi connectivity index (χ0n) is 17.0. The fourth-order valence-electron chi connectivity index (χ4n) is 3.54. The number of nitrogens with two attached hydrogens (primary N) is 1. The van der Waals surface area contributed by atoms with Gasteiger partial charge in [0.05, 0.1) is 23.6 Å². The topological polar surface area (TPSA) is 84.8 Å². The van der Waals surface area contributed by atoms with Gasteiger partial charge in [0, 0.05) is 24.0 Å². The Balaban J connectivity index is 1.46. The Labute approximate surface area is 183 Å². The van der Waals surface area contributed by atoms with Crippen molar-refractivity contribution in [3.05, 3.63) is 90.6 Å². The molecule has 1 amide bonds. The first-order valence-corrected chi connectivity index (χ1v) is 10.1. The number of amides is 1. The van der Waals surface area contributed by atoms with Crippen molar-refractivity contribution >= 4 is 23.2 Å². The highest BCUT2D eigenvalue weighted by Crippen LogP contribution is 2.36. The normalized spacial score (nSPS) is 12.9. The van der Waals surface area contributed by atoms with Crippen LogP contribution in [0.15, 0.2) is 79.1 Å². The summed E-state index contributed by atoms with van der Waals surface area (Å²) in [6.45, 7) is 0.335. The number of hydrogen-bond donors (Lipinski definition) is 1. The second-order valence-corrected chi connectivity index (χ2v) is 7.27. The Hall–Kier alpha value is -4.17. The lowest BCUT2D eigenvalue weighted by molar-refractivity contribution is -0.487. The number of ether oxygens (including phenoxy) is 1. The highest BCUT2D eigenvalue weighted by Gasteiger charge is 2.26. The van der Waals surface area contributed by atoms with Gasteiger partial charge in [-0.2, -0.15) is 9.97 Å². The Kier molecular flexibility index (Phi) is 5.27. The molecule has 0 unspecified atom stereocenters. The van der Waals surface area contributed by atoms with Crippen LogP contribution in [0.2, 0.25) is 0 Å². The van der Waals surface area contributed by atoms with Crippen molar-refractivity contribution in [3.63, 3.8) is 0 Å². The number of aromatic nitrogens is 3. The summed E-state index contributed by atoms with van der Waals surface area (Å²) in [6, 6.07) is 19.2. The standard InChI is InChI=1S/C24H18FN5O2/c25-17-4-3-6-18(13-17)28-24-27-11-9-20(29-24)16-7-8-22-21(12-16)30(23(31)15-32-22)14-19-5-1-2-10-26-19/h1-13H,14-15H2,(H,27,28,29)/p+1. The van der Waals surface area contributed by atoms with Crippen LogP contribution in [0.4, 0.5) is 21.7 Å². The summed E-state index contributed by atoms with van der Waals surface area (Å²) >= 11 is 0. The molecule has 158 valence electrons. The molecule has 2 N–H and O–H groups in total. The quantitative estimate of drug-likeness (QED) is 0.494. The average molecular weight is 428 g/mol. The maximum Gasteiger partial charge on any atom is 0.331 e. The van der Waals surface area contributed by atoms with Crippen molar-refractivity contribution < 1.29 is 19.2 Å². The number of nitrogens with zero attached hydrogens (tertiary/aromatic N) is 4. The van der Waals surface area contributed by atoms with E-state index in [1.165, 1.54) is 12.1 Å². The summed E-state index contributed by atoms with van der Waals surface area (Å²) in [5, 5.41) is 1.71. The van der Waals surface area contributed by atoms with Crippen molar-refractivity contribution in [1.82, 2.24) is 15.0 Å². The number of anilines is 1. The summed E-state index contributed by atoms with van der Waals surface area (Å²) in [6.07, 6.45) is 3.36. The van der Waals surface area contributed by atoms with Crippen molar-refractivity contribution in [2.24, 2.45) is 0 Å². The molecule has 0 fully saturated rings. The van der Waals surface area contributed by atoms with Gasteiger partial charge in [0.15, 0.2) is 6.61 Å². The molecule has 7 nitrogen and oxygen atoms in total. The van der Waals surface area contributed by atoms with E-state index >= 15 is 0 Å². The highest BCUT2D eigenvalue weighted by atomic mass is 19.1. The molecule has 2 aromatic heterocycles. The molecular weight excluding hydrogens is 409 g/mol. The Morgan fingerprint density at radius 1 is 1.00 bits per heavy atom. The van der Waals surface area contributed by atoms with Crippen LogP contribution in [0.5, 0.6) is 5.75 Å². The SMILES string of the molecule is O=C1COc2ccc(-c3ccnc([NH2+]c4cccc(F)c4)n3)cc2N1Cc1ccccn1. The van der Waals surface area contributed by atoms with Crippen molar-refractivity contribution in [3.8, 4) is 17.0 Å². The van der Waals surface area contributed by atoms with Gasteiger partial charge in [-0.3, -0.25) is 14.7 Å². The van der Waals surface area contributed by atoms with Crippen LogP contribution >= 0.6 is 0 Å². The molecule has 0 spiro atoms. The third kappa shape index (κ3) is 4.17. The van der Waals surface area contributed by atoms with Gasteiger partial charge in [0.1, 0.15) is 17.3 Å². The Morgan fingerprint density at radius 2 is 1.94 bits per heavy atom. The molecule has 1 aliphatic heterocycles. The zero-order chi connectivity index (χ0) is 21.9. The first kappa shape index (κ1) is 19.8. The second-order valence-electron chi connectivity index (χ2n) is 7.27. The van der Waals surface area contributed by atoms with Crippen molar-refractivity contribution in [1.29, 1.82) is 0 Å². The molecule has 0 radical (unpaired) electrons. The second kappa shape index (κ2) is 8.52. The van der Waals surface area contributed by atoms with Crippen LogP contribution in [-0.4, -0.2) is 27.5 Å². The predicted molar refractivity (Wildman–Crippen MR) is 116 cm³/mol. The minimum atomic E-state index is -0.317. The van der Waals surface area contributed by atoms with E-state index in [1.54, 1.807) is 40.8 Å². The van der Waals surface area contributed by atoms with Gasteiger partial charge in [-0.1, -0.05) is 12.1 Å². The van der Waals surface area contributed by atoms with E-state index in [1.807, 2.05) is 36.4 Å². The maximum atomic E-state index is 13.5. The summed E-state index contributed by atoms with van der Waals surface area (Å²) in [5.74, 6) is 0.638. The first-order valence-electron chi connectivity index (χ1n) is 10.1. The third-order valence-electron chi connectivity index (χ3n) is 5.06. The summed E-state index contributed by atoms with van der Waals surface area (Å²) in [5.41, 5.74) is 3.62. The molecular formula is C24H19FN5O2+. The number of benzene rings is 2. The van der Waals surface area contributed by atoms with Gasteiger partial charge in [0.25, 0.3) is 5.91 Å². The summed E-state index contributed by atoms with van der Waals surface area (Å²) in [7, 11) is 0. The van der Waals surface area contributed by atoms with Crippen LogP contribution in [0.3, 0.4) is 0 Å². The fraction of sp³-hybridized carbons (Fsp3) is 0.0833. The number of pyridine rings is 1. The molecule has 0 bridgehead atoms. The van der Waals surface area contributed by atoms with Crippen LogP contribution in [0.1, 0.15) is 5.69 Å². The number of hydrogen-bond acceptors (Lipinski definition) is 5. The molecule has 0 saturated heterocycles. The van der Waals surface area contributed by atoms with Gasteiger partial charge < -0.3 is 4.74 Å². The fourth-order valence-corrected chi connectivity index (χ4v) is 3.54. The highest BCUT2D eigenvalue weighted by molar-refractivity contribution is 5.98. The van der Waals surface area contributed by atoms with Gasteiger partial charge >= 0.3 is 5.95 Å². The van der Waals surface area contributed by atoms with E-state index in [0.717, 1.165) is 11.3 Å². The first-order chi connectivity index (χ1) is 15.7. The molecule has 0 aliphatic carbocycles. The minimum Gasteiger partial charge on any atom is -0.482 e. The molecule has 3 heterocycles. The van der Waals surface area contributed by atoms with E-state index in [9.17, 15) is 9.18 Å². The van der Waals surface area contributed by atoms with E-state index in [-0.39, 0.29) is 18.3 Å². The monoisotopic (exact) mass is 428 g/mol. The molecule has 0 saturated carbocycles. The smallest absolute Gasteiger partial charge is 0.331 e. The van der Waals surface area contributed by atoms with E-state index < -0.39 is 0 Å². The largest absolute Gasteiger partial charge is 0.482 e. The number of fused-ring (bicyclic) bond motifs is 1. The number of carbonyl (C=O) groups is 1. The van der Waals surface area contributed by atoms with E-state index in [4.69, 9.17) is 4.74 Å². The molecule has 2 aromatic carbocycles. The van der Waals surface area contributed by atoms with Gasteiger partial charge in [-0.25, -0.2) is 9.71 Å². The van der Waals surface area contributed by atoms with Crippen LogP contribution < -0.4 is 15.0 Å². The van der Waals surface area contributed by atoms with E-state index in [0.29, 0.717) is 35.3 Å². The lowest BCUT2D eigenvalue weighted by Gasteiger charge is -2.29. The molecule has 32 heavy (non-hydrogen) atoms. The minimum absolute atomic E-state index is 0.0145. The molecule has 5 rings (SSSR count). The van der Waals surface area contributed by atoms with Gasteiger partial charge in [-0.05, 0) is 48.5 Å². The van der Waals surface area contributed by atoms with Crippen LogP contribution in [0.25, 0.3) is 11.3 Å². The van der Waals surface area contributed by atoms with Crippen molar-refractivity contribution in [2.45, 2.75) is 6.54 Å². The lowest BCUT2D eigenvalue weighted by Crippen LogP contribution is -2.72. The molecule has 1 aliphatic rings.